The number of thioether (sulfide) groups is 1. The summed E-state index contributed by atoms with van der Waals surface area (Å²) in [6, 6.07) is 10.5. The molecule has 0 aliphatic carbocycles. The van der Waals surface area contributed by atoms with Gasteiger partial charge in [0.2, 0.25) is 10.0 Å². The zero-order valence-corrected chi connectivity index (χ0v) is 12.2. The lowest BCUT2D eigenvalue weighted by molar-refractivity contribution is 0.602. The Morgan fingerprint density at radius 3 is 2.80 bits per heavy atom. The normalized spacial score (nSPS) is 11.2. The van der Waals surface area contributed by atoms with E-state index in [2.05, 4.69) is 14.9 Å². The summed E-state index contributed by atoms with van der Waals surface area (Å²) in [5.41, 5.74) is 6.32. The molecule has 3 N–H and O–H groups in total. The zero-order chi connectivity index (χ0) is 14.4. The SMILES string of the molecule is Nc1cccc(SCCS(=O)(=O)Nc2cccnn2)c1. The van der Waals surface area contributed by atoms with Gasteiger partial charge in [0.1, 0.15) is 0 Å². The molecule has 0 atom stereocenters. The number of benzene rings is 1. The van der Waals surface area contributed by atoms with Gasteiger partial charge in [-0.1, -0.05) is 6.07 Å². The van der Waals surface area contributed by atoms with Crippen LogP contribution in [0.4, 0.5) is 11.5 Å². The number of rotatable bonds is 6. The van der Waals surface area contributed by atoms with Crippen LogP contribution in [0.1, 0.15) is 0 Å². The van der Waals surface area contributed by atoms with E-state index >= 15 is 0 Å². The van der Waals surface area contributed by atoms with Crippen LogP contribution in [0.2, 0.25) is 0 Å². The third-order valence-corrected chi connectivity index (χ3v) is 4.83. The van der Waals surface area contributed by atoms with E-state index in [9.17, 15) is 8.42 Å². The van der Waals surface area contributed by atoms with E-state index in [4.69, 9.17) is 5.73 Å². The fourth-order valence-corrected chi connectivity index (χ4v) is 3.81. The first-order valence-electron chi connectivity index (χ1n) is 5.82. The number of aromatic nitrogens is 2. The molecule has 0 unspecified atom stereocenters. The highest BCUT2D eigenvalue weighted by atomic mass is 32.2. The maximum atomic E-state index is 11.8. The van der Waals surface area contributed by atoms with Crippen LogP contribution in [0.5, 0.6) is 0 Å². The number of anilines is 2. The molecule has 1 heterocycles. The Bertz CT molecular complexity index is 662. The van der Waals surface area contributed by atoms with Gasteiger partial charge in [0.05, 0.1) is 5.75 Å². The van der Waals surface area contributed by atoms with E-state index in [1.54, 1.807) is 18.2 Å². The molecule has 0 amide bonds. The van der Waals surface area contributed by atoms with Crippen molar-refractivity contribution in [2.45, 2.75) is 4.90 Å². The molecule has 0 aliphatic heterocycles. The number of nitrogens with two attached hydrogens (primary N) is 1. The van der Waals surface area contributed by atoms with Crippen molar-refractivity contribution in [1.29, 1.82) is 0 Å². The fraction of sp³-hybridized carbons (Fsp3) is 0.167. The summed E-state index contributed by atoms with van der Waals surface area (Å²) >= 11 is 1.44. The molecule has 0 fully saturated rings. The van der Waals surface area contributed by atoms with Crippen LogP contribution < -0.4 is 10.5 Å². The minimum absolute atomic E-state index is 0.0109. The molecule has 2 aromatic rings. The second kappa shape index (κ2) is 6.58. The third kappa shape index (κ3) is 4.71. The molecule has 0 spiro atoms. The monoisotopic (exact) mass is 310 g/mol. The van der Waals surface area contributed by atoms with Gasteiger partial charge in [-0.25, -0.2) is 8.42 Å². The molecule has 20 heavy (non-hydrogen) atoms. The molecule has 6 nitrogen and oxygen atoms in total. The first-order valence-corrected chi connectivity index (χ1v) is 8.45. The average molecular weight is 310 g/mol. The molecule has 0 bridgehead atoms. The Balaban J connectivity index is 1.87. The second-order valence-electron chi connectivity index (χ2n) is 3.95. The van der Waals surface area contributed by atoms with Crippen LogP contribution in [0.25, 0.3) is 0 Å². The van der Waals surface area contributed by atoms with E-state index in [0.29, 0.717) is 11.4 Å². The second-order valence-corrected chi connectivity index (χ2v) is 6.96. The van der Waals surface area contributed by atoms with E-state index in [0.717, 1.165) is 4.90 Å². The maximum Gasteiger partial charge on any atom is 0.234 e. The highest BCUT2D eigenvalue weighted by molar-refractivity contribution is 8.01. The minimum Gasteiger partial charge on any atom is -0.399 e. The lowest BCUT2D eigenvalue weighted by Crippen LogP contribution is -2.19. The summed E-state index contributed by atoms with van der Waals surface area (Å²) in [6.45, 7) is 0. The molecule has 0 saturated carbocycles. The average Bonchev–Trinajstić information content (AvgIpc) is 2.39. The molecule has 8 heteroatoms. The lowest BCUT2D eigenvalue weighted by Gasteiger charge is -2.06. The number of hydrogen-bond donors (Lipinski definition) is 2. The van der Waals surface area contributed by atoms with Crippen LogP contribution in [0.3, 0.4) is 0 Å². The van der Waals surface area contributed by atoms with Gasteiger partial charge in [-0.2, -0.15) is 5.10 Å². The fourth-order valence-electron chi connectivity index (χ4n) is 1.44. The Kier molecular flexibility index (Phi) is 4.80. The predicted molar refractivity (Wildman–Crippen MR) is 81.0 cm³/mol. The van der Waals surface area contributed by atoms with E-state index in [1.165, 1.54) is 18.0 Å². The van der Waals surface area contributed by atoms with Crippen LogP contribution in [0.15, 0.2) is 47.5 Å². The summed E-state index contributed by atoms with van der Waals surface area (Å²) in [7, 11) is -3.42. The Labute approximate surface area is 121 Å². The molecule has 1 aromatic carbocycles. The highest BCUT2D eigenvalue weighted by Gasteiger charge is 2.11. The molecule has 0 radical (unpaired) electrons. The van der Waals surface area contributed by atoms with Gasteiger partial charge in [0.25, 0.3) is 0 Å². The van der Waals surface area contributed by atoms with Crippen molar-refractivity contribution in [2.24, 2.45) is 0 Å². The predicted octanol–water partition coefficient (Wildman–Crippen LogP) is 1.59. The lowest BCUT2D eigenvalue weighted by atomic mass is 10.3. The van der Waals surface area contributed by atoms with Crippen LogP contribution in [0, 0.1) is 0 Å². The quantitative estimate of drug-likeness (QED) is 0.621. The number of nitrogen functional groups attached to an aromatic ring is 1. The number of nitrogens with one attached hydrogen (secondary N) is 1. The smallest absolute Gasteiger partial charge is 0.234 e. The summed E-state index contributed by atoms with van der Waals surface area (Å²) in [6.07, 6.45) is 1.48. The first-order chi connectivity index (χ1) is 9.55. The van der Waals surface area contributed by atoms with E-state index in [-0.39, 0.29) is 11.6 Å². The van der Waals surface area contributed by atoms with E-state index < -0.39 is 10.0 Å². The van der Waals surface area contributed by atoms with Gasteiger partial charge in [0.15, 0.2) is 5.82 Å². The van der Waals surface area contributed by atoms with Gasteiger partial charge in [-0.05, 0) is 30.3 Å². The minimum atomic E-state index is -3.42. The summed E-state index contributed by atoms with van der Waals surface area (Å²) in [4.78, 5) is 0.944. The van der Waals surface area contributed by atoms with Crippen molar-refractivity contribution >= 4 is 33.3 Å². The molecule has 0 saturated heterocycles. The Morgan fingerprint density at radius 1 is 1.25 bits per heavy atom. The first kappa shape index (κ1) is 14.6. The zero-order valence-electron chi connectivity index (χ0n) is 10.6. The van der Waals surface area contributed by atoms with Crippen LogP contribution in [-0.2, 0) is 10.0 Å². The maximum absolute atomic E-state index is 11.8. The molecular weight excluding hydrogens is 296 g/mol. The summed E-state index contributed by atoms with van der Waals surface area (Å²) in [5, 5.41) is 7.29. The molecule has 0 aliphatic rings. The summed E-state index contributed by atoms with van der Waals surface area (Å²) < 4.78 is 26.1. The third-order valence-electron chi connectivity index (χ3n) is 2.31. The largest absolute Gasteiger partial charge is 0.399 e. The Hall–Kier alpha value is -1.80. The van der Waals surface area contributed by atoms with Crippen molar-refractivity contribution in [3.63, 3.8) is 0 Å². The van der Waals surface area contributed by atoms with Crippen molar-refractivity contribution < 1.29 is 8.42 Å². The summed E-state index contributed by atoms with van der Waals surface area (Å²) in [5.74, 6) is 0.642. The van der Waals surface area contributed by atoms with Gasteiger partial charge in [-0.15, -0.1) is 16.9 Å². The van der Waals surface area contributed by atoms with Gasteiger partial charge in [0, 0.05) is 22.5 Å². The molecular formula is C12H14N4O2S2. The van der Waals surface area contributed by atoms with Crippen LogP contribution >= 0.6 is 11.8 Å². The number of hydrogen-bond acceptors (Lipinski definition) is 6. The van der Waals surface area contributed by atoms with Crippen LogP contribution in [-0.4, -0.2) is 30.1 Å². The number of nitrogens with zero attached hydrogens (tertiary/aromatic N) is 2. The van der Waals surface area contributed by atoms with Crippen molar-refractivity contribution in [3.05, 3.63) is 42.6 Å². The van der Waals surface area contributed by atoms with Crippen molar-refractivity contribution in [2.75, 3.05) is 22.0 Å². The van der Waals surface area contributed by atoms with E-state index in [1.807, 2.05) is 18.2 Å². The van der Waals surface area contributed by atoms with Gasteiger partial charge >= 0.3 is 0 Å². The Morgan fingerprint density at radius 2 is 2.10 bits per heavy atom. The standard InChI is InChI=1S/C12H14N4O2S2/c13-10-3-1-4-11(9-10)19-7-8-20(17,18)16-12-5-2-6-14-15-12/h1-6,9H,7-8,13H2,(H,15,16). The van der Waals surface area contributed by atoms with Crippen molar-refractivity contribution in [1.82, 2.24) is 10.2 Å². The number of sulfonamides is 1. The molecule has 1 aromatic heterocycles. The molecule has 2 rings (SSSR count). The van der Waals surface area contributed by atoms with Crippen molar-refractivity contribution in [3.8, 4) is 0 Å². The van der Waals surface area contributed by atoms with Gasteiger partial charge in [-0.3, -0.25) is 4.72 Å². The topological polar surface area (TPSA) is 98.0 Å². The molecule has 106 valence electrons. The van der Waals surface area contributed by atoms with Gasteiger partial charge < -0.3 is 5.73 Å². The highest BCUT2D eigenvalue weighted by Crippen LogP contribution is 2.20.